The fourth-order valence-corrected chi connectivity index (χ4v) is 2.68. The number of nitrogens with one attached hydrogen (secondary N) is 1. The van der Waals surface area contributed by atoms with Gasteiger partial charge < -0.3 is 14.5 Å². The third-order valence-electron chi connectivity index (χ3n) is 4.02. The van der Waals surface area contributed by atoms with Gasteiger partial charge in [0.05, 0.1) is 12.6 Å². The first kappa shape index (κ1) is 16.8. The number of unbranched alkanes of at least 4 members (excludes halogenated alkanes) is 1. The summed E-state index contributed by atoms with van der Waals surface area (Å²) in [6, 6.07) is 14.4. The van der Waals surface area contributed by atoms with E-state index >= 15 is 0 Å². The minimum absolute atomic E-state index is 0.405. The summed E-state index contributed by atoms with van der Waals surface area (Å²) in [6.45, 7) is 0.501. The Morgan fingerprint density at radius 2 is 1.88 bits per heavy atom. The lowest BCUT2D eigenvalue weighted by Crippen LogP contribution is -2.34. The summed E-state index contributed by atoms with van der Waals surface area (Å²) < 4.78 is 11.2. The van der Waals surface area contributed by atoms with Crippen LogP contribution in [-0.2, 0) is 6.42 Å². The summed E-state index contributed by atoms with van der Waals surface area (Å²) in [4.78, 5) is 24.1. The number of benzene rings is 2. The predicted molar refractivity (Wildman–Crippen MR) is 95.2 cm³/mol. The number of amides is 1. The first-order chi connectivity index (χ1) is 12.2. The fraction of sp³-hybridized carbons (Fsp3) is 0.263. The molecule has 0 aliphatic rings. The maximum absolute atomic E-state index is 12.2. The number of carbonyl (C=O) groups excluding carboxylic acids is 1. The van der Waals surface area contributed by atoms with Gasteiger partial charge in [0.15, 0.2) is 5.58 Å². The van der Waals surface area contributed by atoms with Gasteiger partial charge >= 0.3 is 11.8 Å². The number of hydrogen-bond donors (Lipinski definition) is 1. The molecule has 0 fully saturated rings. The number of hydrogen-bond acceptors (Lipinski definition) is 4. The molecule has 130 valence electrons. The topological polar surface area (TPSA) is 73.5 Å². The van der Waals surface area contributed by atoms with E-state index in [-0.39, 0.29) is 0 Å². The van der Waals surface area contributed by atoms with Gasteiger partial charge in [-0.05, 0) is 49.1 Å². The van der Waals surface area contributed by atoms with E-state index in [1.807, 2.05) is 24.3 Å². The van der Waals surface area contributed by atoms with Crippen molar-refractivity contribution in [3.05, 3.63) is 64.6 Å². The van der Waals surface area contributed by atoms with Gasteiger partial charge in [-0.25, -0.2) is 9.59 Å². The Balaban J connectivity index is 1.49. The molecule has 0 radical (unpaired) electrons. The Hall–Kier alpha value is -3.02. The SMILES string of the molecule is COc1ccc(CCCCNC(=O)n2c(=O)oc3ccccc32)cc1. The molecule has 0 saturated heterocycles. The van der Waals surface area contributed by atoms with Crippen molar-refractivity contribution in [2.24, 2.45) is 0 Å². The predicted octanol–water partition coefficient (Wildman–Crippen LogP) is 3.18. The van der Waals surface area contributed by atoms with E-state index in [4.69, 9.17) is 9.15 Å². The van der Waals surface area contributed by atoms with Gasteiger partial charge in [-0.1, -0.05) is 24.3 Å². The van der Waals surface area contributed by atoms with Crippen molar-refractivity contribution in [3.8, 4) is 5.75 Å². The van der Waals surface area contributed by atoms with Crippen LogP contribution in [0.1, 0.15) is 18.4 Å². The van der Waals surface area contributed by atoms with Crippen molar-refractivity contribution < 1.29 is 13.9 Å². The summed E-state index contributed by atoms with van der Waals surface area (Å²) in [5.41, 5.74) is 2.11. The summed E-state index contributed by atoms with van der Waals surface area (Å²) in [7, 11) is 1.65. The van der Waals surface area contributed by atoms with Crippen molar-refractivity contribution in [1.29, 1.82) is 0 Å². The van der Waals surface area contributed by atoms with Gasteiger partial charge in [0.25, 0.3) is 0 Å². The average Bonchev–Trinajstić information content (AvgIpc) is 2.97. The first-order valence-corrected chi connectivity index (χ1v) is 8.21. The number of oxazole rings is 1. The second kappa shape index (κ2) is 7.70. The lowest BCUT2D eigenvalue weighted by Gasteiger charge is -2.06. The minimum Gasteiger partial charge on any atom is -0.497 e. The largest absolute Gasteiger partial charge is 0.497 e. The van der Waals surface area contributed by atoms with Gasteiger partial charge in [-0.2, -0.15) is 4.57 Å². The van der Waals surface area contributed by atoms with Gasteiger partial charge in [0, 0.05) is 6.54 Å². The molecule has 0 bridgehead atoms. The quantitative estimate of drug-likeness (QED) is 0.700. The van der Waals surface area contributed by atoms with Crippen LogP contribution in [0.5, 0.6) is 5.75 Å². The molecule has 0 aliphatic carbocycles. The van der Waals surface area contributed by atoms with Crippen LogP contribution in [0, 0.1) is 0 Å². The lowest BCUT2D eigenvalue weighted by atomic mass is 10.1. The number of carbonyl (C=O) groups is 1. The third kappa shape index (κ3) is 3.91. The zero-order valence-corrected chi connectivity index (χ0v) is 14.0. The van der Waals surface area contributed by atoms with Crippen molar-refractivity contribution in [2.75, 3.05) is 13.7 Å². The van der Waals surface area contributed by atoms with Crippen LogP contribution in [-0.4, -0.2) is 24.3 Å². The molecule has 6 heteroatoms. The van der Waals surface area contributed by atoms with Crippen LogP contribution in [0.4, 0.5) is 4.79 Å². The number of ether oxygens (including phenoxy) is 1. The molecule has 3 aromatic rings. The van der Waals surface area contributed by atoms with Crippen molar-refractivity contribution in [3.63, 3.8) is 0 Å². The summed E-state index contributed by atoms with van der Waals surface area (Å²) >= 11 is 0. The highest BCUT2D eigenvalue weighted by Gasteiger charge is 2.14. The van der Waals surface area contributed by atoms with Crippen LogP contribution in [0.15, 0.2) is 57.7 Å². The summed E-state index contributed by atoms with van der Waals surface area (Å²) in [5.74, 6) is 0.172. The molecule has 0 saturated carbocycles. The van der Waals surface area contributed by atoms with E-state index in [0.717, 1.165) is 29.6 Å². The Morgan fingerprint density at radius 3 is 2.64 bits per heavy atom. The average molecular weight is 340 g/mol. The Bertz CT molecular complexity index is 909. The molecule has 6 nitrogen and oxygen atoms in total. The molecule has 1 N–H and O–H groups in total. The second-order valence-corrected chi connectivity index (χ2v) is 5.71. The molecular formula is C19H20N2O4. The smallest absolute Gasteiger partial charge is 0.428 e. The summed E-state index contributed by atoms with van der Waals surface area (Å²) in [6.07, 6.45) is 2.68. The van der Waals surface area contributed by atoms with E-state index in [1.165, 1.54) is 5.56 Å². The number of methoxy groups -OCH3 is 1. The molecule has 25 heavy (non-hydrogen) atoms. The van der Waals surface area contributed by atoms with Crippen LogP contribution >= 0.6 is 0 Å². The highest BCUT2D eigenvalue weighted by Crippen LogP contribution is 2.13. The molecule has 1 amide bonds. The van der Waals surface area contributed by atoms with E-state index in [9.17, 15) is 9.59 Å². The number of fused-ring (bicyclic) bond motifs is 1. The van der Waals surface area contributed by atoms with E-state index < -0.39 is 11.8 Å². The highest BCUT2D eigenvalue weighted by atomic mass is 16.5. The fourth-order valence-electron chi connectivity index (χ4n) is 2.68. The maximum Gasteiger partial charge on any atom is 0.428 e. The molecule has 2 aromatic carbocycles. The van der Waals surface area contributed by atoms with Crippen molar-refractivity contribution in [1.82, 2.24) is 9.88 Å². The second-order valence-electron chi connectivity index (χ2n) is 5.71. The molecule has 1 aromatic heterocycles. The molecule has 0 unspecified atom stereocenters. The molecule has 0 spiro atoms. The Labute approximate surface area is 145 Å². The maximum atomic E-state index is 12.2. The van der Waals surface area contributed by atoms with Crippen molar-refractivity contribution >= 4 is 17.1 Å². The molecule has 3 rings (SSSR count). The van der Waals surface area contributed by atoms with Crippen LogP contribution < -0.4 is 15.8 Å². The Morgan fingerprint density at radius 1 is 1.12 bits per heavy atom. The van der Waals surface area contributed by atoms with E-state index in [2.05, 4.69) is 5.32 Å². The van der Waals surface area contributed by atoms with Crippen molar-refractivity contribution in [2.45, 2.75) is 19.3 Å². The standard InChI is InChI=1S/C19H20N2O4/c1-24-15-11-9-14(10-12-15)6-4-5-13-20-18(22)21-16-7-2-3-8-17(16)25-19(21)23/h2-3,7-12H,4-6,13H2,1H3,(H,20,22). The van der Waals surface area contributed by atoms with Crippen LogP contribution in [0.25, 0.3) is 11.1 Å². The zero-order valence-electron chi connectivity index (χ0n) is 14.0. The van der Waals surface area contributed by atoms with Crippen LogP contribution in [0.2, 0.25) is 0 Å². The Kier molecular flexibility index (Phi) is 5.18. The number of aryl methyl sites for hydroxylation is 1. The zero-order chi connectivity index (χ0) is 17.6. The highest BCUT2D eigenvalue weighted by molar-refractivity contribution is 5.87. The molecule has 0 atom stereocenters. The van der Waals surface area contributed by atoms with Gasteiger partial charge in [-0.15, -0.1) is 0 Å². The van der Waals surface area contributed by atoms with Crippen LogP contribution in [0.3, 0.4) is 0 Å². The third-order valence-corrected chi connectivity index (χ3v) is 4.02. The lowest BCUT2D eigenvalue weighted by molar-refractivity contribution is 0.241. The van der Waals surface area contributed by atoms with Gasteiger partial charge in [-0.3, -0.25) is 0 Å². The van der Waals surface area contributed by atoms with E-state index in [0.29, 0.717) is 17.6 Å². The van der Waals surface area contributed by atoms with Gasteiger partial charge in [0.1, 0.15) is 5.75 Å². The minimum atomic E-state index is -0.670. The van der Waals surface area contributed by atoms with E-state index in [1.54, 1.807) is 31.4 Å². The summed E-state index contributed by atoms with van der Waals surface area (Å²) in [5, 5.41) is 2.77. The normalized spacial score (nSPS) is 10.8. The number of nitrogens with zero attached hydrogens (tertiary/aromatic N) is 1. The molecule has 0 aliphatic heterocycles. The number of rotatable bonds is 6. The monoisotopic (exact) mass is 340 g/mol. The first-order valence-electron chi connectivity index (χ1n) is 8.21. The molecule has 1 heterocycles. The number of para-hydroxylation sites is 2. The number of aromatic nitrogens is 1. The molecular weight excluding hydrogens is 320 g/mol. The van der Waals surface area contributed by atoms with Gasteiger partial charge in [0.2, 0.25) is 0 Å².